The molecule has 4 heterocycles. The van der Waals surface area contributed by atoms with E-state index in [9.17, 15) is 4.79 Å². The zero-order valence-electron chi connectivity index (χ0n) is 17.2. The molecular formula is C20H25N5O4. The summed E-state index contributed by atoms with van der Waals surface area (Å²) in [6, 6.07) is 1.82. The van der Waals surface area contributed by atoms with Crippen LogP contribution in [0.15, 0.2) is 19.5 Å². The summed E-state index contributed by atoms with van der Waals surface area (Å²) >= 11 is 0. The van der Waals surface area contributed by atoms with Crippen molar-refractivity contribution in [1.29, 1.82) is 0 Å². The van der Waals surface area contributed by atoms with Gasteiger partial charge >= 0.3 is 0 Å². The Balaban J connectivity index is 1.39. The summed E-state index contributed by atoms with van der Waals surface area (Å²) in [5.41, 5.74) is 2.13. The van der Waals surface area contributed by atoms with Crippen molar-refractivity contribution < 1.29 is 18.3 Å². The van der Waals surface area contributed by atoms with E-state index < -0.39 is 0 Å². The van der Waals surface area contributed by atoms with E-state index in [1.54, 1.807) is 0 Å². The Kier molecular flexibility index (Phi) is 5.23. The van der Waals surface area contributed by atoms with E-state index in [-0.39, 0.29) is 5.91 Å². The van der Waals surface area contributed by atoms with Crippen LogP contribution in [0.4, 0.5) is 0 Å². The van der Waals surface area contributed by atoms with E-state index in [1.165, 1.54) is 0 Å². The average Bonchev–Trinajstić information content (AvgIpc) is 3.30. The van der Waals surface area contributed by atoms with Crippen LogP contribution >= 0.6 is 0 Å². The number of nitrogens with zero attached hydrogens (tertiary/aromatic N) is 5. The van der Waals surface area contributed by atoms with E-state index in [4.69, 9.17) is 13.5 Å². The summed E-state index contributed by atoms with van der Waals surface area (Å²) in [4.78, 5) is 21.5. The average molecular weight is 399 g/mol. The molecule has 29 heavy (non-hydrogen) atoms. The first kappa shape index (κ1) is 19.4. The topological polar surface area (TPSA) is 102 Å². The van der Waals surface area contributed by atoms with Gasteiger partial charge in [-0.15, -0.1) is 0 Å². The van der Waals surface area contributed by atoms with Crippen molar-refractivity contribution >= 4 is 5.91 Å². The van der Waals surface area contributed by atoms with Crippen molar-refractivity contribution in [3.8, 4) is 11.5 Å². The third-order valence-electron chi connectivity index (χ3n) is 5.23. The lowest BCUT2D eigenvalue weighted by Crippen LogP contribution is -2.35. The number of hydrogen-bond donors (Lipinski definition) is 0. The van der Waals surface area contributed by atoms with Gasteiger partial charge in [-0.2, -0.15) is 4.98 Å². The third-order valence-corrected chi connectivity index (χ3v) is 5.23. The monoisotopic (exact) mass is 399 g/mol. The van der Waals surface area contributed by atoms with Gasteiger partial charge in [0.1, 0.15) is 22.8 Å². The molecule has 0 atom stereocenters. The number of carbonyl (C=O) groups excluding carboxylic acids is 1. The molecule has 1 aliphatic heterocycles. The van der Waals surface area contributed by atoms with Crippen molar-refractivity contribution in [2.24, 2.45) is 0 Å². The van der Waals surface area contributed by atoms with Crippen LogP contribution in [-0.2, 0) is 6.54 Å². The molecule has 1 aliphatic rings. The third kappa shape index (κ3) is 3.95. The van der Waals surface area contributed by atoms with Crippen LogP contribution in [0.25, 0.3) is 11.5 Å². The highest BCUT2D eigenvalue weighted by molar-refractivity contribution is 5.95. The summed E-state index contributed by atoms with van der Waals surface area (Å²) in [6.07, 6.45) is 0.885. The maximum Gasteiger partial charge on any atom is 0.263 e. The highest BCUT2D eigenvalue weighted by Gasteiger charge is 2.24. The van der Waals surface area contributed by atoms with E-state index in [2.05, 4.69) is 20.2 Å². The maximum atomic E-state index is 12.8. The fourth-order valence-corrected chi connectivity index (χ4v) is 3.75. The molecule has 9 nitrogen and oxygen atoms in total. The number of amides is 1. The van der Waals surface area contributed by atoms with Gasteiger partial charge in [-0.05, 0) is 40.2 Å². The van der Waals surface area contributed by atoms with Crippen molar-refractivity contribution in [2.45, 2.75) is 40.7 Å². The predicted molar refractivity (Wildman–Crippen MR) is 103 cm³/mol. The minimum atomic E-state index is 0.0291. The predicted octanol–water partition coefficient (Wildman–Crippen LogP) is 2.90. The molecule has 4 rings (SSSR count). The zero-order chi connectivity index (χ0) is 20.5. The molecular weight excluding hydrogens is 374 g/mol. The molecule has 3 aromatic heterocycles. The fraction of sp³-hybridized carbons (Fsp3) is 0.500. The van der Waals surface area contributed by atoms with Gasteiger partial charge in [0.15, 0.2) is 5.82 Å². The first-order valence-electron chi connectivity index (χ1n) is 9.77. The number of aromatic nitrogens is 3. The van der Waals surface area contributed by atoms with Crippen LogP contribution in [0.1, 0.15) is 45.6 Å². The van der Waals surface area contributed by atoms with Crippen LogP contribution < -0.4 is 0 Å². The number of furan rings is 1. The molecule has 0 radical (unpaired) electrons. The van der Waals surface area contributed by atoms with Crippen LogP contribution in [-0.4, -0.2) is 57.2 Å². The molecule has 154 valence electrons. The van der Waals surface area contributed by atoms with Crippen molar-refractivity contribution in [3.05, 3.63) is 40.4 Å². The highest BCUT2D eigenvalue weighted by Crippen LogP contribution is 2.25. The van der Waals surface area contributed by atoms with Gasteiger partial charge in [0.25, 0.3) is 11.8 Å². The lowest BCUT2D eigenvalue weighted by atomic mass is 10.2. The summed E-state index contributed by atoms with van der Waals surface area (Å²) < 4.78 is 16.1. The van der Waals surface area contributed by atoms with E-state index in [0.29, 0.717) is 41.9 Å². The number of rotatable bonds is 4. The van der Waals surface area contributed by atoms with Crippen molar-refractivity contribution in [2.75, 3.05) is 26.2 Å². The van der Waals surface area contributed by atoms with Gasteiger partial charge in [-0.3, -0.25) is 9.69 Å². The van der Waals surface area contributed by atoms with Crippen LogP contribution in [0, 0.1) is 27.7 Å². The first-order valence-corrected chi connectivity index (χ1v) is 9.77. The second kappa shape index (κ2) is 7.82. The van der Waals surface area contributed by atoms with Crippen LogP contribution in [0.3, 0.4) is 0 Å². The minimum Gasteiger partial charge on any atom is -0.466 e. The van der Waals surface area contributed by atoms with Gasteiger partial charge in [-0.25, -0.2) is 0 Å². The normalized spacial score (nSPS) is 15.7. The highest BCUT2D eigenvalue weighted by atomic mass is 16.5. The Labute approximate surface area is 168 Å². The van der Waals surface area contributed by atoms with Gasteiger partial charge in [0.2, 0.25) is 0 Å². The summed E-state index contributed by atoms with van der Waals surface area (Å²) in [6.45, 7) is 10.9. The van der Waals surface area contributed by atoms with Crippen molar-refractivity contribution in [3.63, 3.8) is 0 Å². The van der Waals surface area contributed by atoms with Gasteiger partial charge in [0.05, 0.1) is 17.8 Å². The number of hydrogen-bond acceptors (Lipinski definition) is 8. The van der Waals surface area contributed by atoms with E-state index in [1.807, 2.05) is 38.7 Å². The second-order valence-corrected chi connectivity index (χ2v) is 7.46. The maximum absolute atomic E-state index is 12.8. The van der Waals surface area contributed by atoms with Crippen molar-refractivity contribution in [1.82, 2.24) is 25.1 Å². The van der Waals surface area contributed by atoms with E-state index >= 15 is 0 Å². The molecule has 0 aromatic carbocycles. The minimum absolute atomic E-state index is 0.0291. The van der Waals surface area contributed by atoms with E-state index in [0.717, 1.165) is 43.1 Å². The quantitative estimate of drug-likeness (QED) is 0.660. The van der Waals surface area contributed by atoms with Gasteiger partial charge in [-0.1, -0.05) is 10.3 Å². The van der Waals surface area contributed by atoms with Crippen LogP contribution in [0.2, 0.25) is 0 Å². The zero-order valence-corrected chi connectivity index (χ0v) is 17.2. The second-order valence-electron chi connectivity index (χ2n) is 7.46. The molecule has 1 fully saturated rings. The molecule has 0 unspecified atom stereocenters. The Bertz CT molecular complexity index is 999. The largest absolute Gasteiger partial charge is 0.466 e. The summed E-state index contributed by atoms with van der Waals surface area (Å²) in [5.74, 6) is 3.16. The first-order chi connectivity index (χ1) is 13.9. The Morgan fingerprint density at radius 3 is 2.55 bits per heavy atom. The smallest absolute Gasteiger partial charge is 0.263 e. The lowest BCUT2D eigenvalue weighted by molar-refractivity contribution is 0.0759. The van der Waals surface area contributed by atoms with Gasteiger partial charge in [0, 0.05) is 26.2 Å². The molecule has 9 heteroatoms. The fourth-order valence-electron chi connectivity index (χ4n) is 3.75. The summed E-state index contributed by atoms with van der Waals surface area (Å²) in [7, 11) is 0. The van der Waals surface area contributed by atoms with Crippen LogP contribution in [0.5, 0.6) is 0 Å². The van der Waals surface area contributed by atoms with Gasteiger partial charge < -0.3 is 18.4 Å². The molecule has 1 saturated heterocycles. The Morgan fingerprint density at radius 2 is 1.86 bits per heavy atom. The molecule has 1 amide bonds. The molecule has 0 saturated carbocycles. The molecule has 3 aromatic rings. The molecule has 0 spiro atoms. The standard InChI is InChI=1S/C20H25N5O4/c1-12-10-16(14(3)27-12)20(26)25-7-5-6-24(8-9-25)11-17-21-19(29-23-17)18-13(2)22-28-15(18)4/h10H,5-9,11H2,1-4H3. The number of carbonyl (C=O) groups is 1. The Hall–Kier alpha value is -2.94. The SMILES string of the molecule is Cc1cc(C(=O)N2CCCN(Cc3noc(-c4c(C)noc4C)n3)CC2)c(C)o1. The summed E-state index contributed by atoms with van der Waals surface area (Å²) in [5, 5.41) is 8.03. The molecule has 0 bridgehead atoms. The number of aryl methyl sites for hydroxylation is 4. The molecule has 0 aliphatic carbocycles. The lowest BCUT2D eigenvalue weighted by Gasteiger charge is -2.21. The molecule has 0 N–H and O–H groups in total. The Morgan fingerprint density at radius 1 is 1.03 bits per heavy atom.